The Bertz CT molecular complexity index is 788. The number of hydrogen-bond donors (Lipinski definition) is 0. The highest BCUT2D eigenvalue weighted by molar-refractivity contribution is 5.82. The summed E-state index contributed by atoms with van der Waals surface area (Å²) < 4.78 is 10.8. The summed E-state index contributed by atoms with van der Waals surface area (Å²) in [6.07, 6.45) is 0. The van der Waals surface area contributed by atoms with Crippen LogP contribution < -0.4 is 10.4 Å². The fraction of sp³-hybridized carbons (Fsp3) is 0.118. The molecule has 0 amide bonds. The molecule has 0 bridgehead atoms. The molecule has 0 aliphatic rings. The van der Waals surface area contributed by atoms with E-state index in [0.717, 1.165) is 16.7 Å². The molecule has 0 fully saturated rings. The zero-order valence-corrected chi connectivity index (χ0v) is 11.1. The molecule has 100 valence electrons. The predicted octanol–water partition coefficient (Wildman–Crippen LogP) is 3.68. The van der Waals surface area contributed by atoms with Crippen molar-refractivity contribution in [2.24, 2.45) is 0 Å². The molecule has 2 aromatic carbocycles. The molecule has 0 unspecified atom stereocenters. The van der Waals surface area contributed by atoms with Crippen molar-refractivity contribution >= 4 is 10.8 Å². The first-order valence-corrected chi connectivity index (χ1v) is 6.43. The highest BCUT2D eigenvalue weighted by Gasteiger charge is 2.04. The molecule has 1 heterocycles. The molecular formula is C17H14O3. The first-order chi connectivity index (χ1) is 9.72. The van der Waals surface area contributed by atoms with Crippen LogP contribution in [0.4, 0.5) is 0 Å². The molecule has 0 spiro atoms. The lowest BCUT2D eigenvalue weighted by Gasteiger charge is -2.07. The summed E-state index contributed by atoms with van der Waals surface area (Å²) in [6, 6.07) is 17.2. The molecule has 0 aliphatic heterocycles. The number of rotatable bonds is 3. The van der Waals surface area contributed by atoms with Crippen LogP contribution in [-0.2, 0) is 6.61 Å². The Hall–Kier alpha value is -2.55. The number of ether oxygens (including phenoxy) is 1. The van der Waals surface area contributed by atoms with Crippen molar-refractivity contribution in [3.8, 4) is 5.75 Å². The van der Waals surface area contributed by atoms with Crippen LogP contribution in [0.5, 0.6) is 5.75 Å². The van der Waals surface area contributed by atoms with Crippen molar-refractivity contribution in [3.05, 3.63) is 76.3 Å². The van der Waals surface area contributed by atoms with Gasteiger partial charge >= 0.3 is 5.63 Å². The van der Waals surface area contributed by atoms with Gasteiger partial charge < -0.3 is 9.15 Å². The maximum absolute atomic E-state index is 11.7. The second-order valence-corrected chi connectivity index (χ2v) is 4.67. The van der Waals surface area contributed by atoms with Crippen molar-refractivity contribution in [1.82, 2.24) is 0 Å². The Morgan fingerprint density at radius 1 is 1.05 bits per heavy atom. The van der Waals surface area contributed by atoms with E-state index in [4.69, 9.17) is 9.15 Å². The molecule has 1 aromatic heterocycles. The molecule has 0 atom stereocenters. The molecule has 0 saturated carbocycles. The van der Waals surface area contributed by atoms with E-state index in [1.165, 1.54) is 0 Å². The highest BCUT2D eigenvalue weighted by atomic mass is 16.5. The fourth-order valence-electron chi connectivity index (χ4n) is 2.13. The van der Waals surface area contributed by atoms with Crippen molar-refractivity contribution in [3.63, 3.8) is 0 Å². The molecule has 0 aliphatic carbocycles. The van der Waals surface area contributed by atoms with Gasteiger partial charge in [-0.15, -0.1) is 0 Å². The quantitative estimate of drug-likeness (QED) is 0.726. The van der Waals surface area contributed by atoms with Gasteiger partial charge in [-0.05, 0) is 42.1 Å². The molecule has 0 N–H and O–H groups in total. The Balaban J connectivity index is 1.88. The Morgan fingerprint density at radius 2 is 1.85 bits per heavy atom. The van der Waals surface area contributed by atoms with Crippen molar-refractivity contribution in [2.75, 3.05) is 0 Å². The van der Waals surface area contributed by atoms with Crippen LogP contribution in [0.3, 0.4) is 0 Å². The minimum atomic E-state index is -0.311. The first kappa shape index (κ1) is 12.5. The van der Waals surface area contributed by atoms with Crippen molar-refractivity contribution < 1.29 is 9.15 Å². The molecule has 3 rings (SSSR count). The van der Waals surface area contributed by atoms with Gasteiger partial charge in [-0.25, -0.2) is 4.79 Å². The van der Waals surface area contributed by atoms with E-state index in [1.54, 1.807) is 19.1 Å². The minimum absolute atomic E-state index is 0.311. The normalized spacial score (nSPS) is 10.7. The van der Waals surface area contributed by atoms with Crippen LogP contribution in [0.1, 0.15) is 11.3 Å². The summed E-state index contributed by atoms with van der Waals surface area (Å²) >= 11 is 0. The second-order valence-electron chi connectivity index (χ2n) is 4.67. The van der Waals surface area contributed by atoms with E-state index in [0.29, 0.717) is 17.8 Å². The van der Waals surface area contributed by atoms with E-state index in [9.17, 15) is 4.79 Å². The number of benzene rings is 2. The standard InChI is InChI=1S/C17H14O3/c1-12-9-14-10-15(7-8-16(14)17(18)20-12)19-11-13-5-3-2-4-6-13/h2-10H,11H2,1H3. The van der Waals surface area contributed by atoms with Gasteiger partial charge in [0.1, 0.15) is 18.1 Å². The van der Waals surface area contributed by atoms with Gasteiger partial charge in [0.05, 0.1) is 5.39 Å². The highest BCUT2D eigenvalue weighted by Crippen LogP contribution is 2.20. The lowest BCUT2D eigenvalue weighted by Crippen LogP contribution is -2.01. The van der Waals surface area contributed by atoms with Gasteiger partial charge in [0, 0.05) is 0 Å². The summed E-state index contributed by atoms with van der Waals surface area (Å²) in [5.74, 6) is 1.34. The zero-order valence-electron chi connectivity index (χ0n) is 11.1. The number of fused-ring (bicyclic) bond motifs is 1. The number of aryl methyl sites for hydroxylation is 1. The summed E-state index contributed by atoms with van der Waals surface area (Å²) in [5, 5.41) is 1.41. The number of hydrogen-bond acceptors (Lipinski definition) is 3. The third kappa shape index (κ3) is 2.57. The van der Waals surface area contributed by atoms with Gasteiger partial charge in [0.15, 0.2) is 0 Å². The van der Waals surface area contributed by atoms with Crippen molar-refractivity contribution in [2.45, 2.75) is 13.5 Å². The molecule has 0 saturated heterocycles. The summed E-state index contributed by atoms with van der Waals surface area (Å²) in [5.41, 5.74) is 0.797. The maximum atomic E-state index is 11.7. The monoisotopic (exact) mass is 266 g/mol. The summed E-state index contributed by atoms with van der Waals surface area (Å²) in [6.45, 7) is 2.27. The lowest BCUT2D eigenvalue weighted by atomic mass is 10.1. The fourth-order valence-corrected chi connectivity index (χ4v) is 2.13. The molecule has 3 heteroatoms. The summed E-state index contributed by atoms with van der Waals surface area (Å²) in [4.78, 5) is 11.7. The molecular weight excluding hydrogens is 252 g/mol. The van der Waals surface area contributed by atoms with Crippen LogP contribution in [0, 0.1) is 6.92 Å². The Morgan fingerprint density at radius 3 is 2.65 bits per heavy atom. The van der Waals surface area contributed by atoms with E-state index < -0.39 is 0 Å². The molecule has 0 radical (unpaired) electrons. The molecule has 3 nitrogen and oxygen atoms in total. The Labute approximate surface area is 116 Å². The van der Waals surface area contributed by atoms with Crippen LogP contribution in [0.2, 0.25) is 0 Å². The predicted molar refractivity (Wildman–Crippen MR) is 78.0 cm³/mol. The smallest absolute Gasteiger partial charge is 0.343 e. The van der Waals surface area contributed by atoms with Crippen LogP contribution in [0.15, 0.2) is 63.8 Å². The summed E-state index contributed by atoms with van der Waals surface area (Å²) in [7, 11) is 0. The zero-order chi connectivity index (χ0) is 13.9. The van der Waals surface area contributed by atoms with Gasteiger partial charge in [0.2, 0.25) is 0 Å². The van der Waals surface area contributed by atoms with Gasteiger partial charge in [-0.2, -0.15) is 0 Å². The van der Waals surface area contributed by atoms with Crippen LogP contribution in [-0.4, -0.2) is 0 Å². The van der Waals surface area contributed by atoms with E-state index >= 15 is 0 Å². The topological polar surface area (TPSA) is 39.4 Å². The maximum Gasteiger partial charge on any atom is 0.343 e. The van der Waals surface area contributed by atoms with Crippen LogP contribution >= 0.6 is 0 Å². The molecule has 20 heavy (non-hydrogen) atoms. The largest absolute Gasteiger partial charge is 0.489 e. The average Bonchev–Trinajstić information content (AvgIpc) is 2.45. The SMILES string of the molecule is Cc1cc2cc(OCc3ccccc3)ccc2c(=O)o1. The molecule has 3 aromatic rings. The van der Waals surface area contributed by atoms with Crippen LogP contribution in [0.25, 0.3) is 10.8 Å². The van der Waals surface area contributed by atoms with E-state index in [-0.39, 0.29) is 5.63 Å². The third-order valence-corrected chi connectivity index (χ3v) is 3.10. The average molecular weight is 266 g/mol. The first-order valence-electron chi connectivity index (χ1n) is 6.43. The third-order valence-electron chi connectivity index (χ3n) is 3.10. The lowest BCUT2D eigenvalue weighted by molar-refractivity contribution is 0.306. The minimum Gasteiger partial charge on any atom is -0.489 e. The van der Waals surface area contributed by atoms with E-state index in [1.807, 2.05) is 42.5 Å². The van der Waals surface area contributed by atoms with Crippen molar-refractivity contribution in [1.29, 1.82) is 0 Å². The van der Waals surface area contributed by atoms with E-state index in [2.05, 4.69) is 0 Å². The van der Waals surface area contributed by atoms with Gasteiger partial charge in [0.25, 0.3) is 0 Å². The Kier molecular flexibility index (Phi) is 3.25. The van der Waals surface area contributed by atoms with Gasteiger partial charge in [-0.1, -0.05) is 30.3 Å². The van der Waals surface area contributed by atoms with Gasteiger partial charge in [-0.3, -0.25) is 0 Å². The second kappa shape index (κ2) is 5.21.